The van der Waals surface area contributed by atoms with Gasteiger partial charge in [-0.3, -0.25) is 25.7 Å². The molecule has 0 amide bonds. The first-order valence-electron chi connectivity index (χ1n) is 9.95. The molecule has 1 aliphatic heterocycles. The van der Waals surface area contributed by atoms with Crippen LogP contribution in [0.15, 0.2) is 36.7 Å². The van der Waals surface area contributed by atoms with Crippen LogP contribution in [0.3, 0.4) is 0 Å². The molecule has 1 radical (unpaired) electrons. The van der Waals surface area contributed by atoms with Crippen LogP contribution in [0.2, 0.25) is 0 Å². The zero-order valence-electron chi connectivity index (χ0n) is 18.1. The van der Waals surface area contributed by atoms with E-state index in [9.17, 15) is 0 Å². The molecule has 2 heterocycles. The second kappa shape index (κ2) is 14.5. The van der Waals surface area contributed by atoms with E-state index in [2.05, 4.69) is 42.9 Å². The molecule has 1 aromatic heterocycles. The van der Waals surface area contributed by atoms with E-state index in [1.165, 1.54) is 0 Å². The molecule has 1 aromatic rings. The number of nitrogens with one attached hydrogen (secondary N) is 2. The van der Waals surface area contributed by atoms with Crippen molar-refractivity contribution in [1.29, 1.82) is 0 Å². The van der Waals surface area contributed by atoms with Gasteiger partial charge in [-0.05, 0) is 50.2 Å². The van der Waals surface area contributed by atoms with Gasteiger partial charge in [0.25, 0.3) is 0 Å². The maximum absolute atomic E-state index is 6.14. The summed E-state index contributed by atoms with van der Waals surface area (Å²) in [5.74, 6) is 1.41. The van der Waals surface area contributed by atoms with Crippen molar-refractivity contribution in [2.45, 2.75) is 33.7 Å². The van der Waals surface area contributed by atoms with Gasteiger partial charge in [0.2, 0.25) is 0 Å². The average Bonchev–Trinajstić information content (AvgIpc) is 3.22. The Morgan fingerprint density at radius 3 is 2.23 bits per heavy atom. The number of hydrazone groups is 2. The van der Waals surface area contributed by atoms with Crippen LogP contribution in [-0.2, 0) is 47.1 Å². The Morgan fingerprint density at radius 2 is 1.65 bits per heavy atom. The van der Waals surface area contributed by atoms with E-state index in [0.29, 0.717) is 40.6 Å². The molecule has 0 aliphatic carbocycles. The molecule has 2 rings (SSSR count). The van der Waals surface area contributed by atoms with E-state index in [0.717, 1.165) is 32.1 Å². The summed E-state index contributed by atoms with van der Waals surface area (Å²) in [5.41, 5.74) is 6.59. The first-order chi connectivity index (χ1) is 14.5. The third-order valence-corrected chi connectivity index (χ3v) is 4.83. The molecule has 1 atom stereocenters. The van der Waals surface area contributed by atoms with Crippen LogP contribution in [0.1, 0.15) is 45.3 Å². The van der Waals surface area contributed by atoms with Crippen molar-refractivity contribution in [2.75, 3.05) is 39.4 Å². The van der Waals surface area contributed by atoms with Crippen molar-refractivity contribution in [3.63, 3.8) is 0 Å². The number of morpholine rings is 1. The minimum atomic E-state index is 0. The number of hydrogen-bond donors (Lipinski definition) is 2. The second-order valence-electron chi connectivity index (χ2n) is 6.47. The predicted molar refractivity (Wildman–Crippen MR) is 126 cm³/mol. The van der Waals surface area contributed by atoms with Crippen LogP contribution in [-0.4, -0.2) is 66.1 Å². The monoisotopic (exact) mass is 514 g/mol. The Morgan fingerprint density at radius 1 is 1.06 bits per heavy atom. The number of ether oxygens (including phenoxy) is 1. The third kappa shape index (κ3) is 8.83. The third-order valence-electron chi connectivity index (χ3n) is 4.39. The van der Waals surface area contributed by atoms with Crippen molar-refractivity contribution in [3.8, 4) is 0 Å². The number of amidine groups is 2. The smallest absolute Gasteiger partial charge is 0.741 e. The summed E-state index contributed by atoms with van der Waals surface area (Å²) < 4.78 is 11.6. The maximum Gasteiger partial charge on any atom is 2.00 e. The van der Waals surface area contributed by atoms with E-state index in [4.69, 9.17) is 34.4 Å². The summed E-state index contributed by atoms with van der Waals surface area (Å²) in [6.07, 6.45) is 0. The minimum absolute atomic E-state index is 0. The summed E-state index contributed by atoms with van der Waals surface area (Å²) in [7, 11) is 0. The largest absolute Gasteiger partial charge is 2.00 e. The minimum Gasteiger partial charge on any atom is -0.741 e. The summed E-state index contributed by atoms with van der Waals surface area (Å²) >= 11 is 10.3. The van der Waals surface area contributed by atoms with Gasteiger partial charge in [-0.15, -0.1) is 0 Å². The van der Waals surface area contributed by atoms with Crippen molar-refractivity contribution >= 4 is 47.0 Å². The van der Waals surface area contributed by atoms with Gasteiger partial charge in [0.05, 0.1) is 25.0 Å². The second-order valence-corrected chi connectivity index (χ2v) is 7.24. The molecule has 0 spiro atoms. The molecule has 12 heteroatoms. The zero-order chi connectivity index (χ0) is 21.9. The van der Waals surface area contributed by atoms with Crippen LogP contribution < -0.4 is 10.9 Å². The molecule has 31 heavy (non-hydrogen) atoms. The number of furan rings is 1. The van der Waals surface area contributed by atoms with Crippen LogP contribution in [0.25, 0.3) is 0 Å². The Labute approximate surface area is 205 Å². The summed E-state index contributed by atoms with van der Waals surface area (Å²) in [4.78, 5) is 10.5. The molecule has 1 aliphatic rings. The predicted octanol–water partition coefficient (Wildman–Crippen LogP) is 1.78. The van der Waals surface area contributed by atoms with Gasteiger partial charge >= 0.3 is 17.1 Å². The molecule has 1 saturated heterocycles. The number of hydrogen-bond acceptors (Lipinski definition) is 9. The molecule has 0 aromatic carbocycles. The van der Waals surface area contributed by atoms with E-state index in [1.54, 1.807) is 6.92 Å². The maximum atomic E-state index is 6.14. The van der Waals surface area contributed by atoms with Gasteiger partial charge in [-0.1, -0.05) is 0 Å². The molecular weight excluding hydrogens is 486 g/mol. The fraction of sp³-hybridized carbons (Fsp3) is 0.579. The van der Waals surface area contributed by atoms with Crippen LogP contribution >= 0.6 is 0 Å². The molecule has 9 nitrogen and oxygen atoms in total. The molecular formula is C19H29CuN7O2S2. The van der Waals surface area contributed by atoms with Crippen LogP contribution in [0.5, 0.6) is 0 Å². The molecule has 0 bridgehead atoms. The molecule has 1 unspecified atom stereocenters. The summed E-state index contributed by atoms with van der Waals surface area (Å²) in [5, 5.41) is 9.27. The van der Waals surface area contributed by atoms with Crippen LogP contribution in [0, 0.1) is 0 Å². The van der Waals surface area contributed by atoms with Crippen molar-refractivity contribution < 1.29 is 26.2 Å². The summed E-state index contributed by atoms with van der Waals surface area (Å²) in [6.45, 7) is 12.1. The van der Waals surface area contributed by atoms with E-state index < -0.39 is 0 Å². The molecule has 1 fully saturated rings. The van der Waals surface area contributed by atoms with E-state index >= 15 is 0 Å². The van der Waals surface area contributed by atoms with Gasteiger partial charge in [0.15, 0.2) is 5.76 Å². The molecule has 175 valence electrons. The van der Waals surface area contributed by atoms with Crippen molar-refractivity contribution in [3.05, 3.63) is 23.7 Å². The van der Waals surface area contributed by atoms with Crippen LogP contribution in [0.4, 0.5) is 0 Å². The standard InChI is InChI=1S/C19H31N7O2S2.Cu/c1-5-20-18(29)24-22-13(3)17(23-25-19(30)21-6-2)16-8-7-15(28-16)14(4)26-9-11-27-12-10-26;/h7-8,14H,5-6,9-12H2,1-4H3,(H2,20,24,29)(H2,21,25,30);/q;+2/p-2/b22-13+,23-17-;. The normalized spacial score (nSPS) is 17.8. The van der Waals surface area contributed by atoms with Gasteiger partial charge < -0.3 is 34.4 Å². The Bertz CT molecular complexity index is 805. The quantitative estimate of drug-likeness (QED) is 0.179. The van der Waals surface area contributed by atoms with Gasteiger partial charge in [0.1, 0.15) is 11.5 Å². The fourth-order valence-corrected chi connectivity index (χ4v) is 3.16. The van der Waals surface area contributed by atoms with E-state index in [-0.39, 0.29) is 23.1 Å². The average molecular weight is 515 g/mol. The summed E-state index contributed by atoms with van der Waals surface area (Å²) in [6, 6.07) is 3.96. The van der Waals surface area contributed by atoms with Gasteiger partial charge in [-0.2, -0.15) is 10.2 Å². The Hall–Kier alpha value is -1.56. The first-order valence-corrected chi connectivity index (χ1v) is 10.8. The molecule has 0 saturated carbocycles. The van der Waals surface area contributed by atoms with Gasteiger partial charge in [0, 0.05) is 26.2 Å². The van der Waals surface area contributed by atoms with Gasteiger partial charge in [-0.25, -0.2) is 0 Å². The molecule has 2 N–H and O–H groups in total. The number of aliphatic imine (C=N–C) groups is 2. The van der Waals surface area contributed by atoms with Crippen molar-refractivity contribution in [2.24, 2.45) is 20.2 Å². The Kier molecular flexibility index (Phi) is 12.8. The zero-order valence-corrected chi connectivity index (χ0v) is 20.7. The fourth-order valence-electron chi connectivity index (χ4n) is 2.81. The Balaban J connectivity index is 0.00000480. The van der Waals surface area contributed by atoms with E-state index in [1.807, 2.05) is 26.0 Å². The number of nitrogens with zero attached hydrogens (tertiary/aromatic N) is 5. The topological polar surface area (TPSA) is 99.1 Å². The van der Waals surface area contributed by atoms with Crippen molar-refractivity contribution in [1.82, 2.24) is 15.8 Å². The SMILES string of the molecule is CCN=C([S-])N/N=C(/C(C)=N/NC([S-])=NCC)c1ccc(C(C)N2CCOCC2)o1.[Cu+2]. The number of rotatable bonds is 8. The first kappa shape index (κ1) is 27.5.